The van der Waals surface area contributed by atoms with Crippen LogP contribution in [0.15, 0.2) is 18.5 Å². The topological polar surface area (TPSA) is 87.0 Å². The lowest BCUT2D eigenvalue weighted by molar-refractivity contribution is -0.0308. The molecular weight excluding hydrogens is 400 g/mol. The van der Waals surface area contributed by atoms with E-state index < -0.39 is 0 Å². The van der Waals surface area contributed by atoms with E-state index in [0.717, 1.165) is 49.7 Å². The first-order valence-corrected chi connectivity index (χ1v) is 12.0. The van der Waals surface area contributed by atoms with Crippen LogP contribution in [0.25, 0.3) is 0 Å². The fourth-order valence-corrected chi connectivity index (χ4v) is 3.77. The molecule has 30 heavy (non-hydrogen) atoms. The van der Waals surface area contributed by atoms with Gasteiger partial charge in [-0.25, -0.2) is 4.68 Å². The standard InChI is InChI=1S/C21H34N6O2S/c1-21(2,3)17-13-16(14-22-15-17)19(20-24-25-26-27(20)8-12-30-4)23-7-11-29-18-5-9-28-10-6-18/h13-15,18-19,23H,5-12H2,1-4H3. The molecule has 0 spiro atoms. The van der Waals surface area contributed by atoms with E-state index in [4.69, 9.17) is 9.47 Å². The maximum absolute atomic E-state index is 6.04. The van der Waals surface area contributed by atoms with Crippen LogP contribution in [0.1, 0.15) is 56.6 Å². The average Bonchev–Trinajstić information content (AvgIpc) is 3.20. The molecule has 1 N–H and O–H groups in total. The van der Waals surface area contributed by atoms with Gasteiger partial charge in [0.1, 0.15) is 0 Å². The number of nitrogens with zero attached hydrogens (tertiary/aromatic N) is 5. The van der Waals surface area contributed by atoms with Gasteiger partial charge >= 0.3 is 0 Å². The van der Waals surface area contributed by atoms with Crippen molar-refractivity contribution in [3.63, 3.8) is 0 Å². The molecule has 9 heteroatoms. The maximum Gasteiger partial charge on any atom is 0.172 e. The number of thioether (sulfide) groups is 1. The zero-order valence-electron chi connectivity index (χ0n) is 18.5. The number of rotatable bonds is 10. The van der Waals surface area contributed by atoms with Crippen LogP contribution in [-0.4, -0.2) is 69.7 Å². The van der Waals surface area contributed by atoms with Gasteiger partial charge in [0.15, 0.2) is 5.82 Å². The molecule has 0 aliphatic carbocycles. The molecule has 166 valence electrons. The lowest BCUT2D eigenvalue weighted by Gasteiger charge is -2.24. The van der Waals surface area contributed by atoms with Gasteiger partial charge in [0.25, 0.3) is 0 Å². The van der Waals surface area contributed by atoms with Crippen molar-refractivity contribution in [1.29, 1.82) is 0 Å². The molecule has 1 atom stereocenters. The van der Waals surface area contributed by atoms with Gasteiger partial charge in [0, 0.05) is 37.9 Å². The van der Waals surface area contributed by atoms with Crippen LogP contribution in [0.5, 0.6) is 0 Å². The van der Waals surface area contributed by atoms with E-state index in [0.29, 0.717) is 13.2 Å². The molecule has 1 fully saturated rings. The Labute approximate surface area is 183 Å². The number of pyridine rings is 1. The van der Waals surface area contributed by atoms with E-state index in [1.807, 2.05) is 17.1 Å². The zero-order valence-corrected chi connectivity index (χ0v) is 19.3. The highest BCUT2D eigenvalue weighted by molar-refractivity contribution is 7.98. The van der Waals surface area contributed by atoms with Gasteiger partial charge in [-0.1, -0.05) is 26.8 Å². The second-order valence-corrected chi connectivity index (χ2v) is 9.57. The summed E-state index contributed by atoms with van der Waals surface area (Å²) in [6.45, 7) is 10.3. The van der Waals surface area contributed by atoms with Gasteiger partial charge in [-0.3, -0.25) is 4.98 Å². The van der Waals surface area contributed by atoms with Crippen molar-refractivity contribution in [2.45, 2.75) is 57.7 Å². The number of aromatic nitrogens is 5. The third-order valence-electron chi connectivity index (χ3n) is 5.26. The van der Waals surface area contributed by atoms with Crippen molar-refractivity contribution in [2.75, 3.05) is 38.4 Å². The van der Waals surface area contributed by atoms with Crippen LogP contribution < -0.4 is 5.32 Å². The summed E-state index contributed by atoms with van der Waals surface area (Å²) in [5.41, 5.74) is 2.27. The van der Waals surface area contributed by atoms with Gasteiger partial charge in [0.2, 0.25) is 0 Å². The molecule has 2 aromatic rings. The van der Waals surface area contributed by atoms with Crippen LogP contribution in [0.4, 0.5) is 0 Å². The SMILES string of the molecule is CSCCn1nnnc1C(NCCOC1CCOCC1)c1cncc(C(C)(C)C)c1. The van der Waals surface area contributed by atoms with Gasteiger partial charge in [-0.2, -0.15) is 11.8 Å². The van der Waals surface area contributed by atoms with Crippen LogP contribution in [0, 0.1) is 0 Å². The summed E-state index contributed by atoms with van der Waals surface area (Å²) in [6.07, 6.45) is 8.15. The molecular formula is C21H34N6O2S. The Bertz CT molecular complexity index is 773. The molecule has 1 unspecified atom stereocenters. The Morgan fingerprint density at radius 2 is 2.10 bits per heavy atom. The molecule has 0 radical (unpaired) electrons. The summed E-state index contributed by atoms with van der Waals surface area (Å²) in [6, 6.07) is 2.06. The number of hydrogen-bond donors (Lipinski definition) is 1. The maximum atomic E-state index is 6.04. The highest BCUT2D eigenvalue weighted by Gasteiger charge is 2.24. The van der Waals surface area contributed by atoms with Crippen molar-refractivity contribution >= 4 is 11.8 Å². The third-order valence-corrected chi connectivity index (χ3v) is 5.85. The normalized spacial score (nSPS) is 16.7. The number of tetrazole rings is 1. The second kappa shape index (κ2) is 11.2. The lowest BCUT2D eigenvalue weighted by atomic mass is 9.87. The summed E-state index contributed by atoms with van der Waals surface area (Å²) >= 11 is 1.78. The first kappa shape index (κ1) is 23.1. The molecule has 2 aromatic heterocycles. The van der Waals surface area contributed by atoms with Crippen molar-refractivity contribution in [2.24, 2.45) is 0 Å². The molecule has 1 saturated heterocycles. The quantitative estimate of drug-likeness (QED) is 0.571. The molecule has 1 aliphatic rings. The number of aryl methyl sites for hydroxylation is 1. The van der Waals surface area contributed by atoms with Crippen molar-refractivity contribution in [3.05, 3.63) is 35.4 Å². The Morgan fingerprint density at radius 1 is 1.30 bits per heavy atom. The summed E-state index contributed by atoms with van der Waals surface area (Å²) < 4.78 is 13.3. The van der Waals surface area contributed by atoms with Crippen LogP contribution >= 0.6 is 11.8 Å². The molecule has 0 amide bonds. The lowest BCUT2D eigenvalue weighted by Crippen LogP contribution is -2.32. The predicted molar refractivity (Wildman–Crippen MR) is 119 cm³/mol. The molecule has 0 aromatic carbocycles. The Morgan fingerprint density at radius 3 is 2.83 bits per heavy atom. The highest BCUT2D eigenvalue weighted by atomic mass is 32.2. The first-order valence-electron chi connectivity index (χ1n) is 10.6. The van der Waals surface area contributed by atoms with Crippen LogP contribution in [-0.2, 0) is 21.4 Å². The van der Waals surface area contributed by atoms with E-state index in [2.05, 4.69) is 58.9 Å². The van der Waals surface area contributed by atoms with Crippen molar-refractivity contribution < 1.29 is 9.47 Å². The number of nitrogens with one attached hydrogen (secondary N) is 1. The molecule has 8 nitrogen and oxygen atoms in total. The summed E-state index contributed by atoms with van der Waals surface area (Å²) in [7, 11) is 0. The number of ether oxygens (including phenoxy) is 2. The zero-order chi connectivity index (χ0) is 21.4. The summed E-state index contributed by atoms with van der Waals surface area (Å²) in [5.74, 6) is 1.76. The van der Waals surface area contributed by atoms with Gasteiger partial charge in [-0.05, 0) is 46.1 Å². The smallest absolute Gasteiger partial charge is 0.172 e. The number of hydrogen-bond acceptors (Lipinski definition) is 8. The van der Waals surface area contributed by atoms with Crippen molar-refractivity contribution in [1.82, 2.24) is 30.5 Å². The highest BCUT2D eigenvalue weighted by Crippen LogP contribution is 2.26. The summed E-state index contributed by atoms with van der Waals surface area (Å²) in [5, 5.41) is 16.1. The minimum Gasteiger partial charge on any atom is -0.381 e. The Hall–Kier alpha value is -1.55. The van der Waals surface area contributed by atoms with E-state index in [9.17, 15) is 0 Å². The minimum absolute atomic E-state index is 0.0184. The monoisotopic (exact) mass is 434 g/mol. The fraction of sp³-hybridized carbons (Fsp3) is 0.714. The van der Waals surface area contributed by atoms with Crippen molar-refractivity contribution in [3.8, 4) is 0 Å². The summed E-state index contributed by atoms with van der Waals surface area (Å²) in [4.78, 5) is 4.51. The Balaban J connectivity index is 1.74. The van der Waals surface area contributed by atoms with Gasteiger partial charge in [-0.15, -0.1) is 5.10 Å². The minimum atomic E-state index is -0.144. The largest absolute Gasteiger partial charge is 0.381 e. The second-order valence-electron chi connectivity index (χ2n) is 8.58. The van der Waals surface area contributed by atoms with E-state index in [1.165, 1.54) is 5.56 Å². The first-order chi connectivity index (χ1) is 14.5. The molecule has 3 rings (SSSR count). The van der Waals surface area contributed by atoms with Crippen LogP contribution in [0.3, 0.4) is 0 Å². The molecule has 0 bridgehead atoms. The van der Waals surface area contributed by atoms with Gasteiger partial charge < -0.3 is 14.8 Å². The third kappa shape index (κ3) is 6.47. The molecule has 0 saturated carbocycles. The van der Waals surface area contributed by atoms with Gasteiger partial charge in [0.05, 0.1) is 25.3 Å². The van der Waals surface area contributed by atoms with Crippen LogP contribution in [0.2, 0.25) is 0 Å². The predicted octanol–water partition coefficient (Wildman–Crippen LogP) is 2.60. The van der Waals surface area contributed by atoms with E-state index >= 15 is 0 Å². The van der Waals surface area contributed by atoms with E-state index in [-0.39, 0.29) is 17.6 Å². The Kier molecular flexibility index (Phi) is 8.61. The van der Waals surface area contributed by atoms with E-state index in [1.54, 1.807) is 11.8 Å². The molecule has 3 heterocycles. The average molecular weight is 435 g/mol. The fourth-order valence-electron chi connectivity index (χ4n) is 3.41. The molecule has 1 aliphatic heterocycles.